The second-order valence-electron chi connectivity index (χ2n) is 4.33. The van der Waals surface area contributed by atoms with Gasteiger partial charge < -0.3 is 19.8 Å². The largest absolute Gasteiger partial charge is 0.482 e. The molecule has 1 saturated heterocycles. The van der Waals surface area contributed by atoms with Crippen LogP contribution in [0, 0.1) is 11.3 Å². The number of aliphatic hydroxyl groups is 2. The van der Waals surface area contributed by atoms with Gasteiger partial charge in [0.15, 0.2) is 6.61 Å². The van der Waals surface area contributed by atoms with Gasteiger partial charge in [0.05, 0.1) is 17.8 Å². The van der Waals surface area contributed by atoms with Crippen molar-refractivity contribution in [2.24, 2.45) is 0 Å². The maximum Gasteiger partial charge on any atom is 0.260 e. The first kappa shape index (κ1) is 13.3. The van der Waals surface area contributed by atoms with E-state index in [0.29, 0.717) is 11.3 Å². The van der Waals surface area contributed by atoms with Gasteiger partial charge in [-0.3, -0.25) is 4.79 Å². The van der Waals surface area contributed by atoms with Crippen molar-refractivity contribution in [2.45, 2.75) is 12.2 Å². The lowest BCUT2D eigenvalue weighted by Crippen LogP contribution is -2.34. The second-order valence-corrected chi connectivity index (χ2v) is 4.33. The fraction of sp³-hybridized carbons (Fsp3) is 0.385. The van der Waals surface area contributed by atoms with Gasteiger partial charge in [0, 0.05) is 13.1 Å². The quantitative estimate of drug-likeness (QED) is 0.766. The van der Waals surface area contributed by atoms with Crippen LogP contribution in [0.3, 0.4) is 0 Å². The maximum absolute atomic E-state index is 11.8. The van der Waals surface area contributed by atoms with E-state index in [1.807, 2.05) is 6.07 Å². The average Bonchev–Trinajstić information content (AvgIpc) is 2.76. The van der Waals surface area contributed by atoms with Crippen molar-refractivity contribution in [3.05, 3.63) is 29.8 Å². The zero-order valence-corrected chi connectivity index (χ0v) is 10.2. The molecule has 0 aliphatic carbocycles. The molecule has 19 heavy (non-hydrogen) atoms. The van der Waals surface area contributed by atoms with Gasteiger partial charge in [-0.05, 0) is 12.1 Å². The monoisotopic (exact) mass is 262 g/mol. The van der Waals surface area contributed by atoms with E-state index in [-0.39, 0.29) is 25.6 Å². The summed E-state index contributed by atoms with van der Waals surface area (Å²) in [6.45, 7) is -0.0232. The van der Waals surface area contributed by atoms with Gasteiger partial charge in [0.25, 0.3) is 5.91 Å². The van der Waals surface area contributed by atoms with Crippen molar-refractivity contribution >= 4 is 5.91 Å². The molecular weight excluding hydrogens is 248 g/mol. The summed E-state index contributed by atoms with van der Waals surface area (Å²) >= 11 is 0. The van der Waals surface area contributed by atoms with Crippen LogP contribution in [0.25, 0.3) is 0 Å². The molecule has 1 heterocycles. The third-order valence-corrected chi connectivity index (χ3v) is 2.97. The third-order valence-electron chi connectivity index (χ3n) is 2.97. The highest BCUT2D eigenvalue weighted by Crippen LogP contribution is 2.17. The zero-order chi connectivity index (χ0) is 13.8. The molecule has 100 valence electrons. The predicted molar refractivity (Wildman–Crippen MR) is 65.2 cm³/mol. The molecule has 1 amide bonds. The van der Waals surface area contributed by atoms with Gasteiger partial charge in [0.2, 0.25) is 0 Å². The number of hydrogen-bond donors (Lipinski definition) is 2. The molecule has 0 radical (unpaired) electrons. The molecule has 0 saturated carbocycles. The van der Waals surface area contributed by atoms with Crippen LogP contribution in [0.1, 0.15) is 5.56 Å². The van der Waals surface area contributed by atoms with Crippen LogP contribution in [0.5, 0.6) is 5.75 Å². The van der Waals surface area contributed by atoms with Crippen LogP contribution in [0.2, 0.25) is 0 Å². The number of nitriles is 1. The van der Waals surface area contributed by atoms with Gasteiger partial charge in [0.1, 0.15) is 11.8 Å². The lowest BCUT2D eigenvalue weighted by atomic mass is 10.2. The van der Waals surface area contributed by atoms with E-state index in [4.69, 9.17) is 10.00 Å². The second kappa shape index (κ2) is 5.69. The Labute approximate surface area is 110 Å². The van der Waals surface area contributed by atoms with E-state index in [1.54, 1.807) is 24.3 Å². The summed E-state index contributed by atoms with van der Waals surface area (Å²) in [5, 5.41) is 27.6. The number of amides is 1. The molecule has 1 aliphatic heterocycles. The first-order chi connectivity index (χ1) is 9.11. The average molecular weight is 262 g/mol. The highest BCUT2D eigenvalue weighted by atomic mass is 16.5. The number of hydrogen-bond acceptors (Lipinski definition) is 5. The molecule has 0 aromatic heterocycles. The summed E-state index contributed by atoms with van der Waals surface area (Å²) in [5.74, 6) is 0.0157. The molecule has 1 aliphatic rings. The van der Waals surface area contributed by atoms with E-state index < -0.39 is 12.2 Å². The molecular formula is C13H14N2O4. The van der Waals surface area contributed by atoms with E-state index in [2.05, 4.69) is 0 Å². The van der Waals surface area contributed by atoms with Gasteiger partial charge in [-0.2, -0.15) is 5.26 Å². The normalized spacial score (nSPS) is 22.1. The fourth-order valence-electron chi connectivity index (χ4n) is 1.89. The van der Waals surface area contributed by atoms with Gasteiger partial charge >= 0.3 is 0 Å². The summed E-state index contributed by atoms with van der Waals surface area (Å²) in [4.78, 5) is 13.1. The van der Waals surface area contributed by atoms with Crippen LogP contribution in [0.15, 0.2) is 24.3 Å². The molecule has 2 unspecified atom stereocenters. The van der Waals surface area contributed by atoms with Crippen molar-refractivity contribution in [3.63, 3.8) is 0 Å². The number of carbonyl (C=O) groups is 1. The molecule has 6 heteroatoms. The van der Waals surface area contributed by atoms with E-state index in [1.165, 1.54) is 4.90 Å². The molecule has 2 rings (SSSR count). The number of para-hydroxylation sites is 1. The molecule has 1 fully saturated rings. The molecule has 6 nitrogen and oxygen atoms in total. The minimum atomic E-state index is -0.907. The number of nitrogens with zero attached hydrogens (tertiary/aromatic N) is 2. The lowest BCUT2D eigenvalue weighted by Gasteiger charge is -2.15. The van der Waals surface area contributed by atoms with Crippen molar-refractivity contribution < 1.29 is 19.7 Å². The summed E-state index contributed by atoms with van der Waals surface area (Å²) in [6, 6.07) is 8.61. The Bertz CT molecular complexity index is 502. The fourth-order valence-corrected chi connectivity index (χ4v) is 1.89. The Morgan fingerprint density at radius 1 is 1.37 bits per heavy atom. The van der Waals surface area contributed by atoms with E-state index in [9.17, 15) is 15.0 Å². The van der Waals surface area contributed by atoms with Crippen LogP contribution in [-0.4, -0.2) is 52.9 Å². The third kappa shape index (κ3) is 3.02. The van der Waals surface area contributed by atoms with Crippen molar-refractivity contribution in [3.8, 4) is 11.8 Å². The number of benzene rings is 1. The number of rotatable bonds is 3. The molecule has 2 atom stereocenters. The first-order valence-electron chi connectivity index (χ1n) is 5.87. The smallest absolute Gasteiger partial charge is 0.260 e. The van der Waals surface area contributed by atoms with E-state index >= 15 is 0 Å². The first-order valence-corrected chi connectivity index (χ1v) is 5.87. The SMILES string of the molecule is N#Cc1ccccc1OCC(=O)N1CC(O)C(O)C1. The Morgan fingerprint density at radius 2 is 2.00 bits per heavy atom. The molecule has 0 bridgehead atoms. The lowest BCUT2D eigenvalue weighted by molar-refractivity contribution is -0.132. The summed E-state index contributed by atoms with van der Waals surface area (Å²) in [5.41, 5.74) is 0.358. The predicted octanol–water partition coefficient (Wildman–Crippen LogP) is -0.499. The molecule has 1 aromatic rings. The van der Waals surface area contributed by atoms with Crippen molar-refractivity contribution in [1.29, 1.82) is 5.26 Å². The number of aliphatic hydroxyl groups excluding tert-OH is 2. The Hall–Kier alpha value is -2.10. The highest BCUT2D eigenvalue weighted by molar-refractivity contribution is 5.78. The number of ether oxygens (including phenoxy) is 1. The van der Waals surface area contributed by atoms with Crippen molar-refractivity contribution in [1.82, 2.24) is 4.90 Å². The van der Waals surface area contributed by atoms with Crippen molar-refractivity contribution in [2.75, 3.05) is 19.7 Å². The number of β-amino-alcohol motifs (C(OH)–C–C–N with tert-alkyl or cyclic N) is 2. The summed E-state index contributed by atoms with van der Waals surface area (Å²) < 4.78 is 5.30. The molecule has 0 spiro atoms. The molecule has 1 aromatic carbocycles. The molecule has 2 N–H and O–H groups in total. The van der Waals surface area contributed by atoms with Gasteiger partial charge in [-0.25, -0.2) is 0 Å². The van der Waals surface area contributed by atoms with Crippen LogP contribution >= 0.6 is 0 Å². The number of likely N-dealkylation sites (tertiary alicyclic amines) is 1. The topological polar surface area (TPSA) is 93.8 Å². The summed E-state index contributed by atoms with van der Waals surface area (Å²) in [7, 11) is 0. The number of carbonyl (C=O) groups excluding carboxylic acids is 1. The minimum Gasteiger partial charge on any atom is -0.482 e. The standard InChI is InChI=1S/C13H14N2O4/c14-5-9-3-1-2-4-12(9)19-8-13(18)15-6-10(16)11(17)7-15/h1-4,10-11,16-17H,6-8H2. The van der Waals surface area contributed by atoms with Crippen LogP contribution in [-0.2, 0) is 4.79 Å². The maximum atomic E-state index is 11.8. The van der Waals surface area contributed by atoms with Gasteiger partial charge in [-0.15, -0.1) is 0 Å². The Morgan fingerprint density at radius 3 is 2.63 bits per heavy atom. The summed E-state index contributed by atoms with van der Waals surface area (Å²) in [6.07, 6.45) is -1.81. The van der Waals surface area contributed by atoms with Crippen LogP contribution in [0.4, 0.5) is 0 Å². The van der Waals surface area contributed by atoms with Gasteiger partial charge in [-0.1, -0.05) is 12.1 Å². The Balaban J connectivity index is 1.93. The zero-order valence-electron chi connectivity index (χ0n) is 10.2. The highest BCUT2D eigenvalue weighted by Gasteiger charge is 2.32. The minimum absolute atomic E-state index is 0.100. The van der Waals surface area contributed by atoms with E-state index in [0.717, 1.165) is 0 Å². The Kier molecular flexibility index (Phi) is 4.00. The van der Waals surface area contributed by atoms with Crippen LogP contribution < -0.4 is 4.74 Å².